The van der Waals surface area contributed by atoms with E-state index in [0.29, 0.717) is 10.8 Å². The number of amides is 1. The van der Waals surface area contributed by atoms with Gasteiger partial charge in [-0.2, -0.15) is 9.61 Å². The maximum absolute atomic E-state index is 12.3. The summed E-state index contributed by atoms with van der Waals surface area (Å²) in [5.41, 5.74) is 4.09. The van der Waals surface area contributed by atoms with Crippen LogP contribution in [0.5, 0.6) is 5.75 Å². The number of rotatable bonds is 6. The van der Waals surface area contributed by atoms with Gasteiger partial charge in [0.15, 0.2) is 5.65 Å². The van der Waals surface area contributed by atoms with Crippen LogP contribution in [0, 0.1) is 6.92 Å². The summed E-state index contributed by atoms with van der Waals surface area (Å²) in [5, 5.41) is 16.4. The van der Waals surface area contributed by atoms with E-state index < -0.39 is 0 Å². The fourth-order valence-corrected chi connectivity index (χ4v) is 3.60. The predicted octanol–water partition coefficient (Wildman–Crippen LogP) is 3.84. The normalized spacial score (nSPS) is 10.8. The van der Waals surface area contributed by atoms with E-state index in [-0.39, 0.29) is 11.7 Å². The number of para-hydroxylation sites is 1. The SMILES string of the molecule is COc1ccccc1-c1ccc2nnc(SCC(=O)Nc3cccc(C)c3)n2n1. The highest BCUT2D eigenvalue weighted by Gasteiger charge is 2.13. The summed E-state index contributed by atoms with van der Waals surface area (Å²) >= 11 is 1.29. The van der Waals surface area contributed by atoms with E-state index in [2.05, 4.69) is 20.6 Å². The molecule has 0 aliphatic rings. The largest absolute Gasteiger partial charge is 0.496 e. The Balaban J connectivity index is 1.53. The molecule has 0 saturated carbocycles. The lowest BCUT2D eigenvalue weighted by atomic mass is 10.1. The third-order valence-corrected chi connectivity index (χ3v) is 5.17. The lowest BCUT2D eigenvalue weighted by Crippen LogP contribution is -2.14. The van der Waals surface area contributed by atoms with Gasteiger partial charge in [0.2, 0.25) is 11.1 Å². The number of thioether (sulfide) groups is 1. The standard InChI is InChI=1S/C21H19N5O2S/c1-14-6-5-7-15(12-14)22-20(27)13-29-21-24-23-19-11-10-17(25-26(19)21)16-8-3-4-9-18(16)28-2/h3-12H,13H2,1-2H3,(H,22,27). The van der Waals surface area contributed by atoms with Crippen molar-refractivity contribution in [2.24, 2.45) is 0 Å². The lowest BCUT2D eigenvalue weighted by molar-refractivity contribution is -0.113. The van der Waals surface area contributed by atoms with E-state index in [4.69, 9.17) is 4.74 Å². The molecule has 0 aliphatic carbocycles. The van der Waals surface area contributed by atoms with Crippen LogP contribution < -0.4 is 10.1 Å². The fraction of sp³-hybridized carbons (Fsp3) is 0.143. The molecule has 0 bridgehead atoms. The van der Waals surface area contributed by atoms with Crippen LogP contribution in [-0.2, 0) is 4.79 Å². The molecule has 1 amide bonds. The van der Waals surface area contributed by atoms with Crippen molar-refractivity contribution in [2.45, 2.75) is 12.1 Å². The van der Waals surface area contributed by atoms with Gasteiger partial charge in [-0.15, -0.1) is 10.2 Å². The van der Waals surface area contributed by atoms with Crippen LogP contribution in [0.1, 0.15) is 5.56 Å². The maximum Gasteiger partial charge on any atom is 0.234 e. The van der Waals surface area contributed by atoms with E-state index in [0.717, 1.165) is 28.3 Å². The number of hydrogen-bond acceptors (Lipinski definition) is 6. The third kappa shape index (κ3) is 4.22. The molecule has 0 fully saturated rings. The smallest absolute Gasteiger partial charge is 0.234 e. The number of nitrogens with one attached hydrogen (secondary N) is 1. The van der Waals surface area contributed by atoms with Crippen molar-refractivity contribution in [3.8, 4) is 17.0 Å². The van der Waals surface area contributed by atoms with E-state index in [9.17, 15) is 4.79 Å². The Hall–Kier alpha value is -3.39. The van der Waals surface area contributed by atoms with Gasteiger partial charge in [-0.3, -0.25) is 4.79 Å². The van der Waals surface area contributed by atoms with Gasteiger partial charge in [0.1, 0.15) is 5.75 Å². The summed E-state index contributed by atoms with van der Waals surface area (Å²) in [4.78, 5) is 12.3. The number of aromatic nitrogens is 4. The molecule has 0 spiro atoms. The Morgan fingerprint density at radius 1 is 1.10 bits per heavy atom. The molecule has 4 aromatic rings. The Morgan fingerprint density at radius 2 is 1.97 bits per heavy atom. The van der Waals surface area contributed by atoms with E-state index in [1.165, 1.54) is 11.8 Å². The van der Waals surface area contributed by atoms with Crippen LogP contribution in [0.4, 0.5) is 5.69 Å². The van der Waals surface area contributed by atoms with E-state index in [1.54, 1.807) is 11.6 Å². The molecule has 0 radical (unpaired) electrons. The molecular formula is C21H19N5O2S. The molecule has 0 atom stereocenters. The van der Waals surface area contributed by atoms with Gasteiger partial charge in [0.05, 0.1) is 18.6 Å². The first-order valence-corrected chi connectivity index (χ1v) is 9.98. The van der Waals surface area contributed by atoms with Crippen LogP contribution in [0.2, 0.25) is 0 Å². The van der Waals surface area contributed by atoms with Gasteiger partial charge >= 0.3 is 0 Å². The second kappa shape index (κ2) is 8.32. The molecule has 7 nitrogen and oxygen atoms in total. The highest BCUT2D eigenvalue weighted by atomic mass is 32.2. The number of anilines is 1. The van der Waals surface area contributed by atoms with Crippen molar-refractivity contribution in [1.29, 1.82) is 0 Å². The number of hydrogen-bond donors (Lipinski definition) is 1. The van der Waals surface area contributed by atoms with Gasteiger partial charge in [-0.25, -0.2) is 0 Å². The molecular weight excluding hydrogens is 386 g/mol. The van der Waals surface area contributed by atoms with E-state index in [1.807, 2.05) is 67.6 Å². The molecule has 0 saturated heterocycles. The molecule has 4 rings (SSSR count). The Labute approximate surface area is 172 Å². The first-order valence-electron chi connectivity index (χ1n) is 8.99. The predicted molar refractivity (Wildman–Crippen MR) is 113 cm³/mol. The minimum Gasteiger partial charge on any atom is -0.496 e. The minimum atomic E-state index is -0.113. The topological polar surface area (TPSA) is 81.4 Å². The zero-order valence-electron chi connectivity index (χ0n) is 16.0. The highest BCUT2D eigenvalue weighted by molar-refractivity contribution is 7.99. The Kier molecular flexibility index (Phi) is 5.44. The third-order valence-electron chi connectivity index (χ3n) is 4.25. The number of fused-ring (bicyclic) bond motifs is 1. The lowest BCUT2D eigenvalue weighted by Gasteiger charge is -2.08. The summed E-state index contributed by atoms with van der Waals surface area (Å²) in [5.74, 6) is 0.826. The van der Waals surface area contributed by atoms with Crippen molar-refractivity contribution in [3.05, 3.63) is 66.2 Å². The minimum absolute atomic E-state index is 0.113. The van der Waals surface area contributed by atoms with E-state index >= 15 is 0 Å². The summed E-state index contributed by atoms with van der Waals surface area (Å²) in [6.45, 7) is 1.98. The molecule has 2 aromatic carbocycles. The van der Waals surface area contributed by atoms with Crippen LogP contribution in [0.3, 0.4) is 0 Å². The Morgan fingerprint density at radius 3 is 2.79 bits per heavy atom. The number of ether oxygens (including phenoxy) is 1. The zero-order chi connectivity index (χ0) is 20.2. The highest BCUT2D eigenvalue weighted by Crippen LogP contribution is 2.28. The molecule has 146 valence electrons. The van der Waals surface area contributed by atoms with Crippen LogP contribution in [-0.4, -0.2) is 38.6 Å². The quantitative estimate of drug-likeness (QED) is 0.491. The number of nitrogens with zero attached hydrogens (tertiary/aromatic N) is 4. The molecule has 1 N–H and O–H groups in total. The number of carbonyl (C=O) groups excluding carboxylic acids is 1. The second-order valence-electron chi connectivity index (χ2n) is 6.38. The number of carbonyl (C=O) groups is 1. The zero-order valence-corrected chi connectivity index (χ0v) is 16.8. The average Bonchev–Trinajstić information content (AvgIpc) is 3.14. The summed E-state index contributed by atoms with van der Waals surface area (Å²) in [6.07, 6.45) is 0. The molecule has 8 heteroatoms. The van der Waals surface area contributed by atoms with Crippen LogP contribution in [0.15, 0.2) is 65.8 Å². The van der Waals surface area contributed by atoms with Crippen LogP contribution >= 0.6 is 11.8 Å². The number of methoxy groups -OCH3 is 1. The first-order chi connectivity index (χ1) is 14.1. The molecule has 0 aliphatic heterocycles. The van der Waals surface area contributed by atoms with Crippen LogP contribution in [0.25, 0.3) is 16.9 Å². The first kappa shape index (κ1) is 18.9. The maximum atomic E-state index is 12.3. The summed E-state index contributed by atoms with van der Waals surface area (Å²) < 4.78 is 7.07. The van der Waals surface area contributed by atoms with Gasteiger partial charge in [-0.05, 0) is 48.9 Å². The summed E-state index contributed by atoms with van der Waals surface area (Å²) in [6, 6.07) is 19.1. The van der Waals surface area contributed by atoms with Crippen molar-refractivity contribution < 1.29 is 9.53 Å². The molecule has 2 aromatic heterocycles. The van der Waals surface area contributed by atoms with Crippen molar-refractivity contribution in [1.82, 2.24) is 19.8 Å². The van der Waals surface area contributed by atoms with Crippen molar-refractivity contribution in [3.63, 3.8) is 0 Å². The average molecular weight is 405 g/mol. The van der Waals surface area contributed by atoms with Crippen molar-refractivity contribution >= 4 is 29.0 Å². The monoisotopic (exact) mass is 405 g/mol. The van der Waals surface area contributed by atoms with Gasteiger partial charge in [0, 0.05) is 11.3 Å². The van der Waals surface area contributed by atoms with Gasteiger partial charge < -0.3 is 10.1 Å². The van der Waals surface area contributed by atoms with Gasteiger partial charge in [-0.1, -0.05) is 36.0 Å². The van der Waals surface area contributed by atoms with Crippen molar-refractivity contribution in [2.75, 3.05) is 18.2 Å². The Bertz CT molecular complexity index is 1170. The summed E-state index contributed by atoms with van der Waals surface area (Å²) in [7, 11) is 1.63. The molecule has 0 unspecified atom stereocenters. The number of aryl methyl sites for hydroxylation is 1. The number of benzene rings is 2. The second-order valence-corrected chi connectivity index (χ2v) is 7.32. The van der Waals surface area contributed by atoms with Gasteiger partial charge in [0.25, 0.3) is 0 Å². The fourth-order valence-electron chi connectivity index (χ4n) is 2.91. The molecule has 2 heterocycles. The molecule has 29 heavy (non-hydrogen) atoms.